The van der Waals surface area contributed by atoms with Gasteiger partial charge in [-0.05, 0) is 87.1 Å². The molecule has 230 valence electrons. The summed E-state index contributed by atoms with van der Waals surface area (Å²) in [5.74, 6) is -0.0505. The van der Waals surface area contributed by atoms with Crippen molar-refractivity contribution in [3.63, 3.8) is 0 Å². The van der Waals surface area contributed by atoms with Crippen LogP contribution < -0.4 is 14.4 Å². The summed E-state index contributed by atoms with van der Waals surface area (Å²) in [5.41, 5.74) is 3.80. The lowest BCUT2D eigenvalue weighted by atomic mass is 10.1. The Kier molecular flexibility index (Phi) is 10.5. The van der Waals surface area contributed by atoms with E-state index in [-0.39, 0.29) is 23.4 Å². The van der Waals surface area contributed by atoms with Crippen molar-refractivity contribution in [1.29, 1.82) is 0 Å². The number of anilines is 1. The number of nitrogens with zero attached hydrogens (tertiary/aromatic N) is 2. The average molecular weight is 606 g/mol. The Balaban J connectivity index is 1.75. The molecule has 0 bridgehead atoms. The molecule has 0 aromatic heterocycles. The lowest BCUT2D eigenvalue weighted by Gasteiger charge is -2.34. The van der Waals surface area contributed by atoms with E-state index in [9.17, 15) is 18.0 Å². The predicted molar refractivity (Wildman–Crippen MR) is 170 cm³/mol. The van der Waals surface area contributed by atoms with Gasteiger partial charge in [-0.15, -0.1) is 0 Å². The SMILES string of the molecule is CC[C@@H](C(=O)NC1CCCC1)N(Cc1cccc(OC)c1)C(=O)CN(c1cccc(C)c1C)S(=O)(=O)c1ccc(C)cc1. The van der Waals surface area contributed by atoms with Crippen LogP contribution in [0.1, 0.15) is 61.3 Å². The van der Waals surface area contributed by atoms with Crippen molar-refractivity contribution in [3.8, 4) is 5.75 Å². The molecule has 3 aromatic rings. The van der Waals surface area contributed by atoms with Gasteiger partial charge in [0.05, 0.1) is 17.7 Å². The molecule has 8 nitrogen and oxygen atoms in total. The van der Waals surface area contributed by atoms with E-state index in [1.807, 2.05) is 58.0 Å². The number of rotatable bonds is 12. The van der Waals surface area contributed by atoms with E-state index in [0.717, 1.165) is 47.9 Å². The van der Waals surface area contributed by atoms with Crippen LogP contribution in [0.2, 0.25) is 0 Å². The minimum Gasteiger partial charge on any atom is -0.497 e. The zero-order valence-corrected chi connectivity index (χ0v) is 26.6. The van der Waals surface area contributed by atoms with Gasteiger partial charge in [-0.2, -0.15) is 0 Å². The largest absolute Gasteiger partial charge is 0.497 e. The number of nitrogens with one attached hydrogen (secondary N) is 1. The molecule has 3 aromatic carbocycles. The summed E-state index contributed by atoms with van der Waals surface area (Å²) in [4.78, 5) is 29.6. The minimum atomic E-state index is -4.13. The first kappa shape index (κ1) is 32.1. The second-order valence-electron chi connectivity index (χ2n) is 11.3. The van der Waals surface area contributed by atoms with Gasteiger partial charge >= 0.3 is 0 Å². The number of carbonyl (C=O) groups is 2. The lowest BCUT2D eigenvalue weighted by molar-refractivity contribution is -0.140. The summed E-state index contributed by atoms with van der Waals surface area (Å²) < 4.78 is 34.9. The van der Waals surface area contributed by atoms with Crippen LogP contribution in [-0.4, -0.2) is 50.9 Å². The van der Waals surface area contributed by atoms with E-state index >= 15 is 0 Å². The highest BCUT2D eigenvalue weighted by Gasteiger charge is 2.35. The first-order chi connectivity index (χ1) is 20.5. The molecule has 1 aliphatic carbocycles. The summed E-state index contributed by atoms with van der Waals surface area (Å²) in [6, 6.07) is 18.7. The van der Waals surface area contributed by atoms with Gasteiger partial charge in [-0.25, -0.2) is 8.42 Å². The van der Waals surface area contributed by atoms with Crippen LogP contribution >= 0.6 is 0 Å². The zero-order chi connectivity index (χ0) is 31.1. The molecular weight excluding hydrogens is 562 g/mol. The molecule has 1 aliphatic rings. The summed E-state index contributed by atoms with van der Waals surface area (Å²) in [7, 11) is -2.55. The lowest BCUT2D eigenvalue weighted by Crippen LogP contribution is -2.53. The van der Waals surface area contributed by atoms with Gasteiger partial charge in [0.1, 0.15) is 18.3 Å². The summed E-state index contributed by atoms with van der Waals surface area (Å²) in [6.45, 7) is 7.18. The van der Waals surface area contributed by atoms with E-state index in [2.05, 4.69) is 5.32 Å². The van der Waals surface area contributed by atoms with Gasteiger partial charge in [0.25, 0.3) is 10.0 Å². The molecule has 1 N–H and O–H groups in total. The molecule has 0 radical (unpaired) electrons. The molecule has 43 heavy (non-hydrogen) atoms. The Hall–Kier alpha value is -3.85. The number of hydrogen-bond acceptors (Lipinski definition) is 5. The second kappa shape index (κ2) is 14.1. The second-order valence-corrected chi connectivity index (χ2v) is 13.2. The predicted octanol–water partition coefficient (Wildman–Crippen LogP) is 5.68. The highest BCUT2D eigenvalue weighted by Crippen LogP contribution is 2.30. The van der Waals surface area contributed by atoms with Crippen LogP contribution in [0, 0.1) is 20.8 Å². The summed E-state index contributed by atoms with van der Waals surface area (Å²) >= 11 is 0. The van der Waals surface area contributed by atoms with Crippen molar-refractivity contribution in [2.24, 2.45) is 0 Å². The fourth-order valence-corrected chi connectivity index (χ4v) is 7.08. The van der Waals surface area contributed by atoms with Gasteiger partial charge in [0, 0.05) is 12.6 Å². The molecule has 9 heteroatoms. The molecule has 2 amide bonds. The van der Waals surface area contributed by atoms with Crippen LogP contribution in [0.3, 0.4) is 0 Å². The highest BCUT2D eigenvalue weighted by atomic mass is 32.2. The number of aryl methyl sites for hydroxylation is 2. The quantitative estimate of drug-likeness (QED) is 0.287. The maximum absolute atomic E-state index is 14.4. The molecule has 0 spiro atoms. The maximum atomic E-state index is 14.4. The zero-order valence-electron chi connectivity index (χ0n) is 25.8. The maximum Gasteiger partial charge on any atom is 0.264 e. The third kappa shape index (κ3) is 7.57. The smallest absolute Gasteiger partial charge is 0.264 e. The number of carbonyl (C=O) groups excluding carboxylic acids is 2. The van der Waals surface area contributed by atoms with Crippen LogP contribution in [0.5, 0.6) is 5.75 Å². The van der Waals surface area contributed by atoms with Crippen LogP contribution in [-0.2, 0) is 26.2 Å². The normalized spacial score (nSPS) is 14.3. The van der Waals surface area contributed by atoms with Gasteiger partial charge in [0.15, 0.2) is 0 Å². The van der Waals surface area contributed by atoms with Crippen molar-refractivity contribution in [2.45, 2.75) is 83.3 Å². The van der Waals surface area contributed by atoms with Crippen molar-refractivity contribution < 1.29 is 22.7 Å². The Morgan fingerprint density at radius 1 is 0.977 bits per heavy atom. The Morgan fingerprint density at radius 3 is 2.30 bits per heavy atom. The average Bonchev–Trinajstić information content (AvgIpc) is 3.50. The van der Waals surface area contributed by atoms with Crippen molar-refractivity contribution in [2.75, 3.05) is 18.0 Å². The van der Waals surface area contributed by atoms with E-state index < -0.39 is 28.5 Å². The molecule has 0 heterocycles. The Labute approximate surface area is 256 Å². The molecule has 0 saturated heterocycles. The fraction of sp³-hybridized carbons (Fsp3) is 0.412. The highest BCUT2D eigenvalue weighted by molar-refractivity contribution is 7.92. The van der Waals surface area contributed by atoms with Crippen LogP contribution in [0.25, 0.3) is 0 Å². The van der Waals surface area contributed by atoms with Gasteiger partial charge in [-0.3, -0.25) is 13.9 Å². The summed E-state index contributed by atoms with van der Waals surface area (Å²) in [6.07, 6.45) is 4.34. The molecule has 4 rings (SSSR count). The van der Waals surface area contributed by atoms with Gasteiger partial charge in [0.2, 0.25) is 11.8 Å². The van der Waals surface area contributed by atoms with E-state index in [4.69, 9.17) is 4.74 Å². The molecule has 0 unspecified atom stereocenters. The number of hydrogen-bond donors (Lipinski definition) is 1. The van der Waals surface area contributed by atoms with Gasteiger partial charge in [-0.1, -0.05) is 61.7 Å². The van der Waals surface area contributed by atoms with Crippen molar-refractivity contribution in [1.82, 2.24) is 10.2 Å². The number of amides is 2. The molecule has 0 aliphatic heterocycles. The number of benzene rings is 3. The van der Waals surface area contributed by atoms with E-state index in [1.54, 1.807) is 43.5 Å². The van der Waals surface area contributed by atoms with Gasteiger partial charge < -0.3 is 15.0 Å². The topological polar surface area (TPSA) is 96.0 Å². The first-order valence-electron chi connectivity index (χ1n) is 14.9. The van der Waals surface area contributed by atoms with Crippen molar-refractivity contribution >= 4 is 27.5 Å². The third-order valence-corrected chi connectivity index (χ3v) is 10.1. The Morgan fingerprint density at radius 2 is 1.65 bits per heavy atom. The molecule has 1 atom stereocenters. The standard InChI is InChI=1S/C34H43N3O5S/c1-6-31(34(39)35-28-13-7-8-14-28)36(22-27-12-10-15-29(21-27)42-5)33(38)23-37(32-16-9-11-25(3)26(32)4)43(40,41)30-19-17-24(2)18-20-30/h9-12,15-21,28,31H,6-8,13-14,22-23H2,1-5H3,(H,35,39)/t31-/m0/s1. The minimum absolute atomic E-state index is 0.0867. The monoisotopic (exact) mass is 605 g/mol. The third-order valence-electron chi connectivity index (χ3n) is 8.31. The Bertz CT molecular complexity index is 1530. The molecule has 1 saturated carbocycles. The number of ether oxygens (including phenoxy) is 1. The first-order valence-corrected chi connectivity index (χ1v) is 16.4. The number of sulfonamides is 1. The van der Waals surface area contributed by atoms with Crippen LogP contribution in [0.4, 0.5) is 5.69 Å². The van der Waals surface area contributed by atoms with Crippen LogP contribution in [0.15, 0.2) is 71.6 Å². The fourth-order valence-electron chi connectivity index (χ4n) is 5.61. The van der Waals surface area contributed by atoms with Crippen molar-refractivity contribution in [3.05, 3.63) is 89.0 Å². The molecule has 1 fully saturated rings. The van der Waals surface area contributed by atoms with E-state index in [1.165, 1.54) is 9.21 Å². The molecular formula is C34H43N3O5S. The number of methoxy groups -OCH3 is 1. The van der Waals surface area contributed by atoms with E-state index in [0.29, 0.717) is 17.9 Å². The summed E-state index contributed by atoms with van der Waals surface area (Å²) in [5, 5.41) is 3.15.